The van der Waals surface area contributed by atoms with E-state index >= 15 is 0 Å². The molecule has 30 heavy (non-hydrogen) atoms. The summed E-state index contributed by atoms with van der Waals surface area (Å²) >= 11 is 0. The number of aromatic nitrogens is 1. The van der Waals surface area contributed by atoms with Crippen molar-refractivity contribution in [1.29, 1.82) is 0 Å². The number of ether oxygens (including phenoxy) is 4. The highest BCUT2D eigenvalue weighted by atomic mass is 16.5. The molecule has 3 rings (SSSR count). The Morgan fingerprint density at radius 1 is 0.900 bits per heavy atom. The van der Waals surface area contributed by atoms with E-state index in [4.69, 9.17) is 24.8 Å². The van der Waals surface area contributed by atoms with Gasteiger partial charge in [0.25, 0.3) is 0 Å². The minimum atomic E-state index is 0.350. The van der Waals surface area contributed by atoms with Crippen LogP contribution in [-0.4, -0.2) is 33.4 Å². The van der Waals surface area contributed by atoms with E-state index in [0.717, 1.165) is 22.4 Å². The lowest BCUT2D eigenvalue weighted by atomic mass is 10.1. The molecule has 0 spiro atoms. The van der Waals surface area contributed by atoms with Crippen molar-refractivity contribution in [2.24, 2.45) is 5.84 Å². The number of methoxy groups -OCH3 is 3. The number of pyridine rings is 1. The molecule has 7 heteroatoms. The number of nitrogens with zero attached hydrogens (tertiary/aromatic N) is 2. The van der Waals surface area contributed by atoms with Crippen LogP contribution < -0.4 is 29.8 Å². The quantitative estimate of drug-likeness (QED) is 0.445. The van der Waals surface area contributed by atoms with Gasteiger partial charge < -0.3 is 24.0 Å². The molecule has 1 heterocycles. The van der Waals surface area contributed by atoms with Gasteiger partial charge in [-0.05, 0) is 36.8 Å². The van der Waals surface area contributed by atoms with Crippen LogP contribution in [0.2, 0.25) is 0 Å². The molecule has 7 nitrogen and oxygen atoms in total. The summed E-state index contributed by atoms with van der Waals surface area (Å²) in [6, 6.07) is 15.3. The van der Waals surface area contributed by atoms with Crippen molar-refractivity contribution in [2.75, 3.05) is 33.4 Å². The predicted octanol–water partition coefficient (Wildman–Crippen LogP) is 3.97. The summed E-state index contributed by atoms with van der Waals surface area (Å²) < 4.78 is 22.4. The lowest BCUT2D eigenvalue weighted by Crippen LogP contribution is -2.26. The van der Waals surface area contributed by atoms with Gasteiger partial charge in [0.2, 0.25) is 11.6 Å². The molecule has 0 saturated carbocycles. The van der Waals surface area contributed by atoms with Crippen LogP contribution in [0.1, 0.15) is 11.1 Å². The van der Waals surface area contributed by atoms with E-state index in [1.807, 2.05) is 55.5 Å². The number of hydrogen-bond acceptors (Lipinski definition) is 7. The van der Waals surface area contributed by atoms with Gasteiger partial charge in [-0.15, -0.1) is 0 Å². The molecule has 0 bridgehead atoms. The number of aryl methyl sites for hydroxylation is 1. The molecule has 2 aromatic carbocycles. The highest BCUT2D eigenvalue weighted by Gasteiger charge is 2.18. The Kier molecular flexibility index (Phi) is 6.64. The number of hydrazine groups is 1. The first kappa shape index (κ1) is 21.3. The third-order valence-corrected chi connectivity index (χ3v) is 4.83. The molecule has 0 aliphatic carbocycles. The fourth-order valence-electron chi connectivity index (χ4n) is 3.30. The van der Waals surface area contributed by atoms with Crippen molar-refractivity contribution in [2.45, 2.75) is 13.5 Å². The molecule has 0 aliphatic heterocycles. The number of hydrogen-bond donors (Lipinski definition) is 1. The van der Waals surface area contributed by atoms with Gasteiger partial charge in [-0.3, -0.25) is 0 Å². The zero-order chi connectivity index (χ0) is 21.7. The largest absolute Gasteiger partial charge is 0.493 e. The smallest absolute Gasteiger partial charge is 0.214 e. The van der Waals surface area contributed by atoms with E-state index in [1.54, 1.807) is 33.4 Å². The van der Waals surface area contributed by atoms with Crippen LogP contribution in [0.5, 0.6) is 23.1 Å². The second kappa shape index (κ2) is 9.37. The van der Waals surface area contributed by atoms with Gasteiger partial charge in [-0.25, -0.2) is 10.8 Å². The number of nitrogens with two attached hydrogens (primary N) is 1. The molecule has 0 fully saturated rings. The van der Waals surface area contributed by atoms with E-state index in [1.165, 1.54) is 0 Å². The molecule has 0 amide bonds. The summed E-state index contributed by atoms with van der Waals surface area (Å²) in [6.45, 7) is 2.38. The normalized spacial score (nSPS) is 10.5. The van der Waals surface area contributed by atoms with Crippen molar-refractivity contribution in [3.05, 3.63) is 59.7 Å². The molecule has 0 aliphatic rings. The van der Waals surface area contributed by atoms with E-state index < -0.39 is 0 Å². The van der Waals surface area contributed by atoms with Crippen LogP contribution in [0.15, 0.2) is 48.5 Å². The third-order valence-electron chi connectivity index (χ3n) is 4.83. The van der Waals surface area contributed by atoms with Crippen molar-refractivity contribution in [3.8, 4) is 34.4 Å². The van der Waals surface area contributed by atoms with Gasteiger partial charge in [0, 0.05) is 24.2 Å². The average molecular weight is 409 g/mol. The Balaban J connectivity index is 1.92. The first-order valence-corrected chi connectivity index (χ1v) is 9.46. The zero-order valence-corrected chi connectivity index (χ0v) is 17.9. The number of rotatable bonds is 8. The minimum Gasteiger partial charge on any atom is -0.493 e. The third kappa shape index (κ3) is 4.26. The highest BCUT2D eigenvalue weighted by molar-refractivity contribution is 5.74. The number of benzene rings is 2. The van der Waals surface area contributed by atoms with E-state index in [9.17, 15) is 0 Å². The Bertz CT molecular complexity index is 1020. The maximum atomic E-state index is 6.01. The first-order chi connectivity index (χ1) is 14.5. The molecule has 3 aromatic rings. The monoisotopic (exact) mass is 409 g/mol. The summed E-state index contributed by atoms with van der Waals surface area (Å²) in [7, 11) is 6.55. The minimum absolute atomic E-state index is 0.350. The predicted molar refractivity (Wildman–Crippen MR) is 117 cm³/mol. The van der Waals surface area contributed by atoms with E-state index in [-0.39, 0.29) is 0 Å². The average Bonchev–Trinajstić information content (AvgIpc) is 2.76. The van der Waals surface area contributed by atoms with Gasteiger partial charge in [0.05, 0.1) is 32.7 Å². The fourth-order valence-corrected chi connectivity index (χ4v) is 3.30. The molecule has 0 atom stereocenters. The van der Waals surface area contributed by atoms with Crippen molar-refractivity contribution >= 4 is 5.69 Å². The van der Waals surface area contributed by atoms with Crippen molar-refractivity contribution in [3.63, 3.8) is 0 Å². The summed E-state index contributed by atoms with van der Waals surface area (Å²) in [4.78, 5) is 4.66. The summed E-state index contributed by atoms with van der Waals surface area (Å²) in [6.07, 6.45) is 0. The lowest BCUT2D eigenvalue weighted by molar-refractivity contribution is 0.293. The Morgan fingerprint density at radius 3 is 2.30 bits per heavy atom. The molecule has 2 N–H and O–H groups in total. The molecule has 0 radical (unpaired) electrons. The van der Waals surface area contributed by atoms with Crippen LogP contribution >= 0.6 is 0 Å². The molecular weight excluding hydrogens is 382 g/mol. The van der Waals surface area contributed by atoms with Gasteiger partial charge in [-0.1, -0.05) is 18.2 Å². The summed E-state index contributed by atoms with van der Waals surface area (Å²) in [5.41, 5.74) is 4.50. The van der Waals surface area contributed by atoms with Gasteiger partial charge in [0.15, 0.2) is 11.5 Å². The Morgan fingerprint density at radius 2 is 1.63 bits per heavy atom. The second-order valence-corrected chi connectivity index (χ2v) is 6.72. The Labute approximate surface area is 176 Å². The maximum Gasteiger partial charge on any atom is 0.214 e. The summed E-state index contributed by atoms with van der Waals surface area (Å²) in [5.74, 6) is 8.11. The van der Waals surface area contributed by atoms with Crippen LogP contribution in [-0.2, 0) is 6.61 Å². The van der Waals surface area contributed by atoms with Crippen LogP contribution in [0.3, 0.4) is 0 Å². The molecular formula is C23H27N3O4. The van der Waals surface area contributed by atoms with Crippen LogP contribution in [0.4, 0.5) is 5.69 Å². The van der Waals surface area contributed by atoms with Gasteiger partial charge >= 0.3 is 0 Å². The topological polar surface area (TPSA) is 79.1 Å². The molecule has 1 aromatic heterocycles. The summed E-state index contributed by atoms with van der Waals surface area (Å²) in [5, 5.41) is 1.59. The molecule has 158 valence electrons. The van der Waals surface area contributed by atoms with Crippen molar-refractivity contribution < 1.29 is 18.9 Å². The first-order valence-electron chi connectivity index (χ1n) is 9.46. The van der Waals surface area contributed by atoms with Crippen molar-refractivity contribution in [1.82, 2.24) is 4.98 Å². The van der Waals surface area contributed by atoms with Gasteiger partial charge in [0.1, 0.15) is 6.61 Å². The fraction of sp³-hybridized carbons (Fsp3) is 0.261. The highest BCUT2D eigenvalue weighted by Crippen LogP contribution is 2.43. The molecule has 0 saturated heterocycles. The van der Waals surface area contributed by atoms with E-state index in [2.05, 4.69) is 4.98 Å². The van der Waals surface area contributed by atoms with Gasteiger partial charge in [-0.2, -0.15) is 0 Å². The zero-order valence-electron chi connectivity index (χ0n) is 17.9. The van der Waals surface area contributed by atoms with Crippen LogP contribution in [0.25, 0.3) is 11.3 Å². The second-order valence-electron chi connectivity index (χ2n) is 6.72. The standard InChI is InChI=1S/C23H27N3O4/c1-15-8-6-10-19(26(2)24)17(15)14-30-21-11-7-9-18(25-21)16-12-13-20(27-3)23(29-5)22(16)28-4/h6-13H,14,24H2,1-5H3. The maximum absolute atomic E-state index is 6.01. The Hall–Kier alpha value is -3.45. The lowest BCUT2D eigenvalue weighted by Gasteiger charge is -2.19. The van der Waals surface area contributed by atoms with E-state index in [0.29, 0.717) is 35.4 Å². The molecule has 0 unspecified atom stereocenters. The SMILES string of the molecule is COc1ccc(-c2cccc(OCc3c(C)cccc3N(C)N)n2)c(OC)c1OC. The van der Waals surface area contributed by atoms with Crippen LogP contribution in [0, 0.1) is 6.92 Å². The number of anilines is 1.